The van der Waals surface area contributed by atoms with E-state index in [2.05, 4.69) is 6.92 Å². The number of hydrogen-bond donors (Lipinski definition) is 0. The molecule has 2 nitrogen and oxygen atoms in total. The molecule has 1 heterocycles. The summed E-state index contributed by atoms with van der Waals surface area (Å²) in [5, 5.41) is 0. The lowest BCUT2D eigenvalue weighted by Gasteiger charge is -1.92. The zero-order valence-electron chi connectivity index (χ0n) is 7.08. The van der Waals surface area contributed by atoms with Gasteiger partial charge in [0.25, 0.3) is 0 Å². The second-order valence-electron chi connectivity index (χ2n) is 3.11. The third kappa shape index (κ3) is 3.02. The minimum Gasteiger partial charge on any atom is -0.369 e. The summed E-state index contributed by atoms with van der Waals surface area (Å²) in [6.07, 6.45) is 7.15. The van der Waals surface area contributed by atoms with Crippen LogP contribution in [0.25, 0.3) is 0 Å². The quantitative estimate of drug-likeness (QED) is 0.334. The molecule has 0 amide bonds. The summed E-state index contributed by atoms with van der Waals surface area (Å²) in [5.41, 5.74) is 0. The first-order valence-electron chi connectivity index (χ1n) is 4.47. The van der Waals surface area contributed by atoms with Crippen LogP contribution in [0.5, 0.6) is 0 Å². The molecule has 1 saturated heterocycles. The maximum Gasteiger partial charge on any atom is 0.122 e. The van der Waals surface area contributed by atoms with Gasteiger partial charge in [-0.25, -0.2) is 0 Å². The van der Waals surface area contributed by atoms with Crippen LogP contribution < -0.4 is 0 Å². The monoisotopic (exact) mass is 156 g/mol. The van der Waals surface area contributed by atoms with Gasteiger partial charge in [0.05, 0.1) is 12.2 Å². The van der Waals surface area contributed by atoms with Gasteiger partial charge in [-0.15, -0.1) is 0 Å². The smallest absolute Gasteiger partial charge is 0.122 e. The van der Waals surface area contributed by atoms with Crippen LogP contribution in [-0.4, -0.2) is 18.5 Å². The summed E-state index contributed by atoms with van der Waals surface area (Å²) >= 11 is 0. The minimum atomic E-state index is 0.268. The Morgan fingerprint density at radius 3 is 2.82 bits per heavy atom. The van der Waals surface area contributed by atoms with E-state index < -0.39 is 0 Å². The van der Waals surface area contributed by atoms with Gasteiger partial charge >= 0.3 is 0 Å². The molecule has 11 heavy (non-hydrogen) atoms. The van der Waals surface area contributed by atoms with Crippen molar-refractivity contribution in [2.24, 2.45) is 0 Å². The number of unbranched alkanes of at least 4 members (excludes halogenated alkanes) is 2. The maximum atomic E-state index is 10.1. The molecule has 0 radical (unpaired) electrons. The number of ether oxygens (including phenoxy) is 1. The molecule has 1 aliphatic heterocycles. The first kappa shape index (κ1) is 8.72. The van der Waals surface area contributed by atoms with E-state index in [4.69, 9.17) is 4.74 Å². The Morgan fingerprint density at radius 2 is 2.18 bits per heavy atom. The fourth-order valence-corrected chi connectivity index (χ4v) is 1.33. The number of hydrogen-bond acceptors (Lipinski definition) is 2. The highest BCUT2D eigenvalue weighted by atomic mass is 16.6. The van der Waals surface area contributed by atoms with E-state index in [1.165, 1.54) is 19.3 Å². The fraction of sp³-hybridized carbons (Fsp3) is 0.889. The Labute approximate surface area is 67.9 Å². The number of epoxide rings is 1. The Kier molecular flexibility index (Phi) is 3.57. The standard InChI is InChI=1S/C9H16O2/c1-2-3-4-5-8-9(11-8)6-7-10/h7-9H,2-6H2,1H3. The lowest BCUT2D eigenvalue weighted by Crippen LogP contribution is -1.94. The molecule has 2 heteroatoms. The molecule has 1 aliphatic rings. The van der Waals surface area contributed by atoms with Crippen molar-refractivity contribution in [1.82, 2.24) is 0 Å². The van der Waals surface area contributed by atoms with Crippen LogP contribution in [0.2, 0.25) is 0 Å². The van der Waals surface area contributed by atoms with Crippen LogP contribution in [0, 0.1) is 0 Å². The Hall–Kier alpha value is -0.370. The summed E-state index contributed by atoms with van der Waals surface area (Å²) in [7, 11) is 0. The van der Waals surface area contributed by atoms with Gasteiger partial charge < -0.3 is 9.53 Å². The van der Waals surface area contributed by atoms with Crippen LogP contribution in [0.3, 0.4) is 0 Å². The minimum absolute atomic E-state index is 0.268. The van der Waals surface area contributed by atoms with E-state index >= 15 is 0 Å². The first-order valence-corrected chi connectivity index (χ1v) is 4.47. The molecule has 0 saturated carbocycles. The Balaban J connectivity index is 1.91. The molecule has 0 spiro atoms. The number of carbonyl (C=O) groups is 1. The average molecular weight is 156 g/mol. The van der Waals surface area contributed by atoms with E-state index in [0.29, 0.717) is 12.5 Å². The number of carbonyl (C=O) groups excluding carboxylic acids is 1. The van der Waals surface area contributed by atoms with Gasteiger partial charge in [0.15, 0.2) is 0 Å². The van der Waals surface area contributed by atoms with Crippen LogP contribution in [0.15, 0.2) is 0 Å². The highest BCUT2D eigenvalue weighted by Crippen LogP contribution is 2.29. The van der Waals surface area contributed by atoms with Gasteiger partial charge in [-0.1, -0.05) is 26.2 Å². The molecule has 0 aromatic carbocycles. The highest BCUT2D eigenvalue weighted by Gasteiger charge is 2.36. The largest absolute Gasteiger partial charge is 0.369 e. The molecule has 2 unspecified atom stereocenters. The number of rotatable bonds is 6. The van der Waals surface area contributed by atoms with Crippen molar-refractivity contribution in [1.29, 1.82) is 0 Å². The molecule has 0 aromatic heterocycles. The molecule has 2 atom stereocenters. The molecule has 0 bridgehead atoms. The van der Waals surface area contributed by atoms with Crippen molar-refractivity contribution < 1.29 is 9.53 Å². The van der Waals surface area contributed by atoms with Gasteiger partial charge in [-0.2, -0.15) is 0 Å². The van der Waals surface area contributed by atoms with Crippen molar-refractivity contribution in [3.8, 4) is 0 Å². The van der Waals surface area contributed by atoms with Gasteiger partial charge in [0, 0.05) is 6.42 Å². The van der Waals surface area contributed by atoms with Gasteiger partial charge in [-0.05, 0) is 6.42 Å². The third-order valence-corrected chi connectivity index (χ3v) is 2.11. The van der Waals surface area contributed by atoms with Gasteiger partial charge in [0.1, 0.15) is 6.29 Å². The summed E-state index contributed by atoms with van der Waals surface area (Å²) in [6.45, 7) is 2.19. The van der Waals surface area contributed by atoms with Gasteiger partial charge in [0.2, 0.25) is 0 Å². The van der Waals surface area contributed by atoms with Gasteiger partial charge in [-0.3, -0.25) is 0 Å². The van der Waals surface area contributed by atoms with E-state index in [-0.39, 0.29) is 6.10 Å². The van der Waals surface area contributed by atoms with E-state index in [1.807, 2.05) is 0 Å². The number of aldehydes is 1. The normalized spacial score (nSPS) is 28.5. The van der Waals surface area contributed by atoms with Crippen LogP contribution >= 0.6 is 0 Å². The van der Waals surface area contributed by atoms with E-state index in [1.54, 1.807) is 0 Å². The summed E-state index contributed by atoms with van der Waals surface area (Å²) in [4.78, 5) is 10.1. The summed E-state index contributed by atoms with van der Waals surface area (Å²) < 4.78 is 5.27. The predicted molar refractivity (Wildman–Crippen MR) is 43.5 cm³/mol. The lowest BCUT2D eigenvalue weighted by atomic mass is 10.1. The molecular formula is C9H16O2. The maximum absolute atomic E-state index is 10.1. The summed E-state index contributed by atoms with van der Waals surface area (Å²) in [6, 6.07) is 0. The molecule has 1 fully saturated rings. The molecule has 0 aromatic rings. The van der Waals surface area contributed by atoms with Crippen molar-refractivity contribution in [2.75, 3.05) is 0 Å². The second kappa shape index (κ2) is 4.50. The van der Waals surface area contributed by atoms with Crippen molar-refractivity contribution in [3.05, 3.63) is 0 Å². The predicted octanol–water partition coefficient (Wildman–Crippen LogP) is 1.92. The van der Waals surface area contributed by atoms with Crippen molar-refractivity contribution in [2.45, 2.75) is 51.2 Å². The molecule has 64 valence electrons. The van der Waals surface area contributed by atoms with Crippen molar-refractivity contribution in [3.63, 3.8) is 0 Å². The average Bonchev–Trinajstić information content (AvgIpc) is 2.70. The topological polar surface area (TPSA) is 29.6 Å². The van der Waals surface area contributed by atoms with Crippen LogP contribution in [0.4, 0.5) is 0 Å². The first-order chi connectivity index (χ1) is 5.38. The Bertz CT molecular complexity index is 123. The molecule has 1 rings (SSSR count). The van der Waals surface area contributed by atoms with Crippen molar-refractivity contribution >= 4 is 6.29 Å². The zero-order chi connectivity index (χ0) is 8.10. The third-order valence-electron chi connectivity index (χ3n) is 2.11. The van der Waals surface area contributed by atoms with E-state index in [0.717, 1.165) is 12.7 Å². The zero-order valence-corrected chi connectivity index (χ0v) is 7.08. The summed E-state index contributed by atoms with van der Waals surface area (Å²) in [5.74, 6) is 0. The molecule has 0 aliphatic carbocycles. The van der Waals surface area contributed by atoms with E-state index in [9.17, 15) is 4.79 Å². The highest BCUT2D eigenvalue weighted by molar-refractivity contribution is 5.51. The molecular weight excluding hydrogens is 140 g/mol. The van der Waals surface area contributed by atoms with Crippen LogP contribution in [-0.2, 0) is 9.53 Å². The SMILES string of the molecule is CCCCCC1OC1CC=O. The molecule has 0 N–H and O–H groups in total. The van der Waals surface area contributed by atoms with Crippen LogP contribution in [0.1, 0.15) is 39.0 Å². The second-order valence-corrected chi connectivity index (χ2v) is 3.11. The lowest BCUT2D eigenvalue weighted by molar-refractivity contribution is -0.108. The fourth-order valence-electron chi connectivity index (χ4n) is 1.33. The Morgan fingerprint density at radius 1 is 1.36 bits per heavy atom.